The Morgan fingerprint density at radius 1 is 0.960 bits per heavy atom. The lowest BCUT2D eigenvalue weighted by molar-refractivity contribution is -0.0677. The number of fused-ring (bicyclic) bond motifs is 1. The summed E-state index contributed by atoms with van der Waals surface area (Å²) in [5.74, 6) is -0.265. The van der Waals surface area contributed by atoms with E-state index in [1.54, 1.807) is 18.3 Å². The first-order chi connectivity index (χ1) is 12.1. The van der Waals surface area contributed by atoms with Gasteiger partial charge in [0.05, 0.1) is 6.04 Å². The number of hydrogen-bond donors (Lipinski definition) is 1. The molecule has 4 nitrogen and oxygen atoms in total. The Morgan fingerprint density at radius 3 is 2.28 bits per heavy atom. The molecule has 2 aromatic carbocycles. The summed E-state index contributed by atoms with van der Waals surface area (Å²) >= 11 is 0. The zero-order chi connectivity index (χ0) is 17.4. The summed E-state index contributed by atoms with van der Waals surface area (Å²) in [7, 11) is 0. The minimum absolute atomic E-state index is 0.265. The fourth-order valence-corrected chi connectivity index (χ4v) is 3.55. The molecule has 4 rings (SSSR count). The molecule has 0 bridgehead atoms. The number of nitrogens with zero attached hydrogens (tertiary/aromatic N) is 2. The van der Waals surface area contributed by atoms with E-state index in [9.17, 15) is 9.90 Å². The van der Waals surface area contributed by atoms with E-state index in [1.807, 2.05) is 67.6 Å². The number of amides is 1. The third-order valence-corrected chi connectivity index (χ3v) is 4.80. The number of benzene rings is 2. The predicted molar refractivity (Wildman–Crippen MR) is 94.7 cm³/mol. The third kappa shape index (κ3) is 2.26. The van der Waals surface area contributed by atoms with Gasteiger partial charge in [0.15, 0.2) is 5.72 Å². The summed E-state index contributed by atoms with van der Waals surface area (Å²) in [5.41, 5.74) is 0.888. The second-order valence-corrected chi connectivity index (χ2v) is 6.20. The Bertz CT molecular complexity index is 911. The number of hydrogen-bond acceptors (Lipinski definition) is 3. The van der Waals surface area contributed by atoms with Gasteiger partial charge in [0.25, 0.3) is 5.91 Å². The normalized spacial score (nSPS) is 20.4. The zero-order valence-electron chi connectivity index (χ0n) is 13.8. The third-order valence-electron chi connectivity index (χ3n) is 4.80. The molecule has 2 heterocycles. The van der Waals surface area contributed by atoms with Gasteiger partial charge in [-0.2, -0.15) is 0 Å². The van der Waals surface area contributed by atoms with Crippen LogP contribution in [0.5, 0.6) is 0 Å². The second-order valence-electron chi connectivity index (χ2n) is 6.20. The fourth-order valence-electron chi connectivity index (χ4n) is 3.55. The smallest absolute Gasteiger partial charge is 0.276 e. The van der Waals surface area contributed by atoms with Crippen LogP contribution in [0, 0.1) is 0 Å². The fraction of sp³-hybridized carbons (Fsp3) is 0.143. The van der Waals surface area contributed by atoms with Crippen molar-refractivity contribution in [3.63, 3.8) is 0 Å². The van der Waals surface area contributed by atoms with E-state index in [2.05, 4.69) is 4.98 Å². The van der Waals surface area contributed by atoms with Crippen LogP contribution in [0.3, 0.4) is 0 Å². The van der Waals surface area contributed by atoms with Crippen molar-refractivity contribution in [2.45, 2.75) is 18.7 Å². The Labute approximate surface area is 146 Å². The van der Waals surface area contributed by atoms with E-state index in [-0.39, 0.29) is 11.9 Å². The summed E-state index contributed by atoms with van der Waals surface area (Å²) in [4.78, 5) is 18.9. The number of carbonyl (C=O) groups excluding carboxylic acids is 1. The summed E-state index contributed by atoms with van der Waals surface area (Å²) in [5, 5.41) is 11.7. The lowest BCUT2D eigenvalue weighted by Gasteiger charge is -2.38. The van der Waals surface area contributed by atoms with Gasteiger partial charge in [-0.15, -0.1) is 0 Å². The second kappa shape index (κ2) is 5.83. The molecule has 0 saturated heterocycles. The Kier molecular flexibility index (Phi) is 3.62. The average Bonchev–Trinajstić information content (AvgIpc) is 2.91. The minimum atomic E-state index is -1.54. The van der Waals surface area contributed by atoms with Gasteiger partial charge >= 0.3 is 0 Å². The van der Waals surface area contributed by atoms with Gasteiger partial charge in [-0.3, -0.25) is 14.7 Å². The van der Waals surface area contributed by atoms with Crippen LogP contribution in [0.2, 0.25) is 0 Å². The summed E-state index contributed by atoms with van der Waals surface area (Å²) < 4.78 is 0. The Morgan fingerprint density at radius 2 is 1.60 bits per heavy atom. The summed E-state index contributed by atoms with van der Waals surface area (Å²) in [6.45, 7) is 1.92. The molecule has 2 unspecified atom stereocenters. The molecule has 1 aliphatic heterocycles. The van der Waals surface area contributed by atoms with Crippen molar-refractivity contribution in [1.82, 2.24) is 9.88 Å². The van der Waals surface area contributed by atoms with E-state index < -0.39 is 5.72 Å². The maximum absolute atomic E-state index is 13.1. The average molecular weight is 331 g/mol. The molecule has 0 saturated carbocycles. The van der Waals surface area contributed by atoms with Crippen molar-refractivity contribution in [2.75, 3.05) is 0 Å². The molecule has 0 radical (unpaired) electrons. The number of aliphatic hydroxyl groups is 1. The van der Waals surface area contributed by atoms with Gasteiger partial charge < -0.3 is 5.11 Å². The highest BCUT2D eigenvalue weighted by Crippen LogP contribution is 2.45. The van der Waals surface area contributed by atoms with Crippen LogP contribution >= 0.6 is 0 Å². The molecular weight excluding hydrogens is 313 g/mol. The van der Waals surface area contributed by atoms with Gasteiger partial charge in [-0.25, -0.2) is 0 Å². The first-order valence-corrected chi connectivity index (χ1v) is 8.26. The van der Waals surface area contributed by atoms with Crippen molar-refractivity contribution in [2.24, 2.45) is 0 Å². The van der Waals surface area contributed by atoms with E-state index in [1.165, 1.54) is 4.90 Å². The molecule has 1 aromatic heterocycles. The molecular formula is C21H18N2O2. The lowest BCUT2D eigenvalue weighted by Crippen LogP contribution is -2.46. The molecule has 3 aromatic rings. The monoisotopic (exact) mass is 331 g/mol. The summed E-state index contributed by atoms with van der Waals surface area (Å²) in [6, 6.07) is 22.2. The Hall–Kier alpha value is -2.98. The zero-order valence-corrected chi connectivity index (χ0v) is 13.8. The van der Waals surface area contributed by atoms with Crippen LogP contribution in [0.15, 0.2) is 79.0 Å². The molecule has 1 amide bonds. The van der Waals surface area contributed by atoms with E-state index in [0.29, 0.717) is 16.8 Å². The lowest BCUT2D eigenvalue weighted by atomic mass is 9.96. The first-order valence-electron chi connectivity index (χ1n) is 8.26. The topological polar surface area (TPSA) is 53.4 Å². The molecule has 1 N–H and O–H groups in total. The maximum Gasteiger partial charge on any atom is 0.276 e. The van der Waals surface area contributed by atoms with Crippen molar-refractivity contribution >= 4 is 5.91 Å². The van der Waals surface area contributed by atoms with Crippen LogP contribution in [0.1, 0.15) is 40.1 Å². The van der Waals surface area contributed by atoms with Crippen molar-refractivity contribution in [3.05, 3.63) is 101 Å². The first kappa shape index (κ1) is 15.5. The van der Waals surface area contributed by atoms with Crippen LogP contribution in [-0.2, 0) is 5.72 Å². The van der Waals surface area contributed by atoms with Gasteiger partial charge in [0.1, 0.15) is 5.69 Å². The molecule has 25 heavy (non-hydrogen) atoms. The highest BCUT2D eigenvalue weighted by atomic mass is 16.3. The molecule has 4 heteroatoms. The highest BCUT2D eigenvalue weighted by Gasteiger charge is 2.52. The number of carbonyl (C=O) groups is 1. The molecule has 0 aliphatic carbocycles. The molecule has 0 fully saturated rings. The standard InChI is InChI=1S/C21H18N2O2/c1-15(16-9-4-2-5-10-16)23-20(24)19-18(13-8-14-22-19)21(23,25)17-11-6-3-7-12-17/h2-15,25H,1H3/i15+1. The van der Waals surface area contributed by atoms with Crippen molar-refractivity contribution in [1.29, 1.82) is 0 Å². The molecule has 1 aliphatic rings. The molecule has 0 spiro atoms. The number of rotatable bonds is 3. The van der Waals surface area contributed by atoms with Crippen molar-refractivity contribution < 1.29 is 9.90 Å². The molecule has 124 valence electrons. The molecule has 2 atom stereocenters. The predicted octanol–water partition coefficient (Wildman–Crippen LogP) is 3.49. The number of pyridine rings is 1. The van der Waals surface area contributed by atoms with Crippen LogP contribution in [-0.4, -0.2) is 20.9 Å². The van der Waals surface area contributed by atoms with Gasteiger partial charge in [0, 0.05) is 17.3 Å². The van der Waals surface area contributed by atoms with E-state index in [0.717, 1.165) is 5.56 Å². The van der Waals surface area contributed by atoms with E-state index in [4.69, 9.17) is 0 Å². The summed E-state index contributed by atoms with van der Waals surface area (Å²) in [6.07, 6.45) is 1.58. The van der Waals surface area contributed by atoms with Gasteiger partial charge in [0.2, 0.25) is 0 Å². The SMILES string of the molecule is C[13CH](c1ccccc1)N1C(=O)c2ncccc2C1(O)c1ccccc1. The van der Waals surface area contributed by atoms with Crippen LogP contribution in [0.25, 0.3) is 0 Å². The maximum atomic E-state index is 13.1. The quantitative estimate of drug-likeness (QED) is 0.748. The van der Waals surface area contributed by atoms with Crippen LogP contribution < -0.4 is 0 Å². The van der Waals surface area contributed by atoms with Gasteiger partial charge in [-0.1, -0.05) is 60.7 Å². The van der Waals surface area contributed by atoms with Crippen molar-refractivity contribution in [3.8, 4) is 0 Å². The van der Waals surface area contributed by atoms with Gasteiger partial charge in [-0.05, 0) is 24.6 Å². The Balaban J connectivity index is 1.92. The van der Waals surface area contributed by atoms with Crippen LogP contribution in [0.4, 0.5) is 0 Å². The highest BCUT2D eigenvalue weighted by molar-refractivity contribution is 5.98. The minimum Gasteiger partial charge on any atom is -0.363 e. The largest absolute Gasteiger partial charge is 0.363 e. The van der Waals surface area contributed by atoms with E-state index >= 15 is 0 Å². The number of aromatic nitrogens is 1.